The minimum absolute atomic E-state index is 0.0663. The number of ether oxygens (including phenoxy) is 1. The zero-order valence-corrected chi connectivity index (χ0v) is 16.5. The molecule has 1 aliphatic rings. The molecule has 0 saturated carbocycles. The highest BCUT2D eigenvalue weighted by molar-refractivity contribution is 5.87. The van der Waals surface area contributed by atoms with E-state index < -0.39 is 24.0 Å². The zero-order valence-electron chi connectivity index (χ0n) is 16.5. The predicted octanol–water partition coefficient (Wildman–Crippen LogP) is 2.51. The van der Waals surface area contributed by atoms with Crippen LogP contribution in [0.5, 0.6) is 0 Å². The molecule has 0 spiro atoms. The SMILES string of the molecule is CC[C@@H](NC(=O)OCC1c2ccccc2-c2ccccc21)C(=O)NCC#CC(=O)O. The quantitative estimate of drug-likeness (QED) is 0.640. The molecule has 7 heteroatoms. The van der Waals surface area contributed by atoms with Gasteiger partial charge in [-0.3, -0.25) is 4.79 Å². The molecule has 0 fully saturated rings. The Labute approximate surface area is 174 Å². The largest absolute Gasteiger partial charge is 0.472 e. The molecule has 1 atom stereocenters. The molecule has 0 unspecified atom stereocenters. The number of rotatable bonds is 6. The van der Waals surface area contributed by atoms with E-state index in [9.17, 15) is 14.4 Å². The smallest absolute Gasteiger partial charge is 0.407 e. The van der Waals surface area contributed by atoms with Gasteiger partial charge in [-0.05, 0) is 28.7 Å². The summed E-state index contributed by atoms with van der Waals surface area (Å²) in [5.74, 6) is 2.42. The molecule has 2 amide bonds. The highest BCUT2D eigenvalue weighted by Gasteiger charge is 2.29. The number of aliphatic carboxylic acids is 1. The van der Waals surface area contributed by atoms with Crippen molar-refractivity contribution < 1.29 is 24.2 Å². The van der Waals surface area contributed by atoms with Gasteiger partial charge in [0.25, 0.3) is 0 Å². The summed E-state index contributed by atoms with van der Waals surface area (Å²) in [6.07, 6.45) is -0.335. The Balaban J connectivity index is 1.58. The van der Waals surface area contributed by atoms with Crippen molar-refractivity contribution in [2.75, 3.05) is 13.2 Å². The first-order valence-corrected chi connectivity index (χ1v) is 9.62. The maximum atomic E-state index is 12.3. The molecule has 0 heterocycles. The van der Waals surface area contributed by atoms with E-state index in [1.807, 2.05) is 42.3 Å². The Bertz CT molecular complexity index is 976. The van der Waals surface area contributed by atoms with E-state index in [1.54, 1.807) is 6.92 Å². The molecule has 30 heavy (non-hydrogen) atoms. The molecule has 1 aliphatic carbocycles. The topological polar surface area (TPSA) is 105 Å². The summed E-state index contributed by atoms with van der Waals surface area (Å²) in [6.45, 7) is 1.78. The number of carboxylic acid groups (broad SMARTS) is 1. The Morgan fingerprint density at radius 2 is 1.67 bits per heavy atom. The van der Waals surface area contributed by atoms with Gasteiger partial charge in [-0.25, -0.2) is 9.59 Å². The average Bonchev–Trinajstić information content (AvgIpc) is 3.07. The first-order chi connectivity index (χ1) is 14.5. The van der Waals surface area contributed by atoms with E-state index >= 15 is 0 Å². The summed E-state index contributed by atoms with van der Waals surface area (Å²) >= 11 is 0. The molecule has 0 saturated heterocycles. The van der Waals surface area contributed by atoms with E-state index in [4.69, 9.17) is 9.84 Å². The monoisotopic (exact) mass is 406 g/mol. The van der Waals surface area contributed by atoms with Crippen LogP contribution >= 0.6 is 0 Å². The number of amides is 2. The van der Waals surface area contributed by atoms with Gasteiger partial charge in [0.1, 0.15) is 12.6 Å². The highest BCUT2D eigenvalue weighted by atomic mass is 16.5. The van der Waals surface area contributed by atoms with Gasteiger partial charge in [-0.2, -0.15) is 0 Å². The van der Waals surface area contributed by atoms with Crippen LogP contribution in [-0.2, 0) is 14.3 Å². The second-order valence-electron chi connectivity index (χ2n) is 6.76. The lowest BCUT2D eigenvalue weighted by Gasteiger charge is -2.18. The molecule has 0 aliphatic heterocycles. The van der Waals surface area contributed by atoms with Crippen LogP contribution in [0.3, 0.4) is 0 Å². The van der Waals surface area contributed by atoms with Gasteiger partial charge in [0, 0.05) is 11.8 Å². The van der Waals surface area contributed by atoms with Crippen LogP contribution in [0, 0.1) is 11.8 Å². The van der Waals surface area contributed by atoms with E-state index in [-0.39, 0.29) is 19.1 Å². The Hall–Kier alpha value is -3.79. The van der Waals surface area contributed by atoms with E-state index in [0.29, 0.717) is 6.42 Å². The van der Waals surface area contributed by atoms with Crippen molar-refractivity contribution in [1.82, 2.24) is 10.6 Å². The third-order valence-corrected chi connectivity index (χ3v) is 4.91. The third-order valence-electron chi connectivity index (χ3n) is 4.91. The maximum absolute atomic E-state index is 12.3. The lowest BCUT2D eigenvalue weighted by molar-refractivity contribution is -0.130. The average molecular weight is 406 g/mol. The number of fused-ring (bicyclic) bond motifs is 3. The van der Waals surface area contributed by atoms with Crippen LogP contribution in [0.4, 0.5) is 4.79 Å². The number of hydrogen-bond acceptors (Lipinski definition) is 4. The Kier molecular flexibility index (Phi) is 6.71. The summed E-state index contributed by atoms with van der Waals surface area (Å²) in [7, 11) is 0. The number of carboxylic acids is 1. The normalized spacial score (nSPS) is 12.6. The zero-order chi connectivity index (χ0) is 21.5. The van der Waals surface area contributed by atoms with Crippen LogP contribution in [0.1, 0.15) is 30.4 Å². The van der Waals surface area contributed by atoms with Crippen molar-refractivity contribution in [2.24, 2.45) is 0 Å². The van der Waals surface area contributed by atoms with Gasteiger partial charge in [-0.15, -0.1) is 0 Å². The molecule has 3 N–H and O–H groups in total. The molecule has 0 radical (unpaired) electrons. The standard InChI is InChI=1S/C23H22N2O5/c1-2-20(22(28)24-13-7-12-21(26)27)25-23(29)30-14-19-17-10-5-3-8-15(17)16-9-4-6-11-18(16)19/h3-6,8-11,19-20H,2,13-14H2,1H3,(H,24,28)(H,25,29)(H,26,27)/t20-/m1/s1. The molecular formula is C23H22N2O5. The van der Waals surface area contributed by atoms with Crippen LogP contribution < -0.4 is 10.6 Å². The molecule has 154 valence electrons. The van der Waals surface area contributed by atoms with Crippen molar-refractivity contribution in [3.8, 4) is 23.0 Å². The fourth-order valence-electron chi connectivity index (χ4n) is 3.51. The molecule has 3 rings (SSSR count). The van der Waals surface area contributed by atoms with Crippen molar-refractivity contribution >= 4 is 18.0 Å². The van der Waals surface area contributed by atoms with Gasteiger partial charge < -0.3 is 20.5 Å². The van der Waals surface area contributed by atoms with Gasteiger partial charge in [0.2, 0.25) is 5.91 Å². The van der Waals surface area contributed by atoms with E-state index in [0.717, 1.165) is 22.3 Å². The van der Waals surface area contributed by atoms with E-state index in [1.165, 1.54) is 0 Å². The predicted molar refractivity (Wildman–Crippen MR) is 111 cm³/mol. The number of carbonyl (C=O) groups excluding carboxylic acids is 2. The van der Waals surface area contributed by atoms with Crippen LogP contribution in [0.15, 0.2) is 48.5 Å². The lowest BCUT2D eigenvalue weighted by atomic mass is 9.98. The Morgan fingerprint density at radius 1 is 1.07 bits per heavy atom. The molecule has 2 aromatic rings. The molecule has 0 aromatic heterocycles. The van der Waals surface area contributed by atoms with Crippen molar-refractivity contribution in [3.63, 3.8) is 0 Å². The molecule has 7 nitrogen and oxygen atoms in total. The minimum atomic E-state index is -1.27. The summed E-state index contributed by atoms with van der Waals surface area (Å²) in [5, 5.41) is 13.5. The minimum Gasteiger partial charge on any atom is -0.472 e. The summed E-state index contributed by atoms with van der Waals surface area (Å²) in [4.78, 5) is 34.8. The third kappa shape index (κ3) is 4.78. The number of carbonyl (C=O) groups is 3. The van der Waals surface area contributed by atoms with E-state index in [2.05, 4.69) is 28.7 Å². The van der Waals surface area contributed by atoms with Crippen molar-refractivity contribution in [3.05, 3.63) is 59.7 Å². The number of nitrogens with one attached hydrogen (secondary N) is 2. The summed E-state index contributed by atoms with van der Waals surface area (Å²) < 4.78 is 5.44. The van der Waals surface area contributed by atoms with Crippen LogP contribution in [0.25, 0.3) is 11.1 Å². The molecular weight excluding hydrogens is 384 g/mol. The second kappa shape index (κ2) is 9.61. The van der Waals surface area contributed by atoms with Gasteiger partial charge in [0.05, 0.1) is 6.54 Å². The van der Waals surface area contributed by atoms with Crippen molar-refractivity contribution in [2.45, 2.75) is 25.3 Å². The lowest BCUT2D eigenvalue weighted by Crippen LogP contribution is -2.46. The maximum Gasteiger partial charge on any atom is 0.407 e. The second-order valence-corrected chi connectivity index (χ2v) is 6.76. The molecule has 0 bridgehead atoms. The van der Waals surface area contributed by atoms with Crippen LogP contribution in [0.2, 0.25) is 0 Å². The number of benzene rings is 2. The van der Waals surface area contributed by atoms with Crippen LogP contribution in [-0.4, -0.2) is 42.3 Å². The Morgan fingerprint density at radius 3 is 2.23 bits per heavy atom. The fraction of sp³-hybridized carbons (Fsp3) is 0.261. The van der Waals surface area contributed by atoms with Gasteiger partial charge in [0.15, 0.2) is 0 Å². The van der Waals surface area contributed by atoms with Gasteiger partial charge >= 0.3 is 12.1 Å². The van der Waals surface area contributed by atoms with Gasteiger partial charge in [-0.1, -0.05) is 61.4 Å². The first-order valence-electron chi connectivity index (χ1n) is 9.62. The highest BCUT2D eigenvalue weighted by Crippen LogP contribution is 2.44. The first kappa shape index (κ1) is 20.9. The number of hydrogen-bond donors (Lipinski definition) is 3. The number of alkyl carbamates (subject to hydrolysis) is 1. The van der Waals surface area contributed by atoms with Crippen molar-refractivity contribution in [1.29, 1.82) is 0 Å². The molecule has 2 aromatic carbocycles. The summed E-state index contributed by atoms with van der Waals surface area (Å²) in [5.41, 5.74) is 4.48. The fourth-order valence-corrected chi connectivity index (χ4v) is 3.51. The summed E-state index contributed by atoms with van der Waals surface area (Å²) in [6, 6.07) is 15.3.